The van der Waals surface area contributed by atoms with Gasteiger partial charge in [-0.1, -0.05) is 6.92 Å². The van der Waals surface area contributed by atoms with Crippen LogP contribution in [0, 0.1) is 5.92 Å². The molecule has 1 fully saturated rings. The Labute approximate surface area is 118 Å². The Morgan fingerprint density at radius 2 is 2.10 bits per heavy atom. The smallest absolute Gasteiger partial charge is 0.323 e. The van der Waals surface area contributed by atoms with E-state index < -0.39 is 5.97 Å². The SMILES string of the molecule is CCC(C)N(CC(=O)O)C(=O)N1CCC(C(=O)OC)C1. The Bertz CT molecular complexity index is 385. The lowest BCUT2D eigenvalue weighted by molar-refractivity contribution is -0.145. The van der Waals surface area contributed by atoms with Crippen LogP contribution in [-0.4, -0.2) is 65.7 Å². The highest BCUT2D eigenvalue weighted by atomic mass is 16.5. The molecule has 1 N–H and O–H groups in total. The maximum Gasteiger partial charge on any atom is 0.323 e. The van der Waals surface area contributed by atoms with Crippen molar-refractivity contribution in [1.29, 1.82) is 0 Å². The number of nitrogens with zero attached hydrogens (tertiary/aromatic N) is 2. The Balaban J connectivity index is 2.71. The van der Waals surface area contributed by atoms with Gasteiger partial charge in [0.2, 0.25) is 0 Å². The lowest BCUT2D eigenvalue weighted by Gasteiger charge is -2.31. The summed E-state index contributed by atoms with van der Waals surface area (Å²) >= 11 is 0. The minimum absolute atomic E-state index is 0.157. The molecule has 0 aromatic rings. The van der Waals surface area contributed by atoms with E-state index in [2.05, 4.69) is 4.74 Å². The second-order valence-electron chi connectivity index (χ2n) is 5.02. The maximum absolute atomic E-state index is 12.4. The fourth-order valence-corrected chi connectivity index (χ4v) is 2.25. The largest absolute Gasteiger partial charge is 0.480 e. The quantitative estimate of drug-likeness (QED) is 0.755. The molecule has 1 aliphatic heterocycles. The molecule has 7 nitrogen and oxygen atoms in total. The van der Waals surface area contributed by atoms with Crippen molar-refractivity contribution >= 4 is 18.0 Å². The van der Waals surface area contributed by atoms with E-state index in [1.54, 1.807) is 0 Å². The number of aliphatic carboxylic acids is 1. The number of hydrogen-bond donors (Lipinski definition) is 1. The standard InChI is InChI=1S/C13H22N2O5/c1-4-9(2)15(8-11(16)17)13(19)14-6-5-10(7-14)12(18)20-3/h9-10H,4-8H2,1-3H3,(H,16,17). The van der Waals surface area contributed by atoms with Gasteiger partial charge in [-0.05, 0) is 19.8 Å². The number of amides is 2. The lowest BCUT2D eigenvalue weighted by atomic mass is 10.1. The summed E-state index contributed by atoms with van der Waals surface area (Å²) in [6, 6.07) is -0.482. The number of likely N-dealkylation sites (tertiary alicyclic amines) is 1. The Kier molecular flexibility index (Phi) is 5.79. The van der Waals surface area contributed by atoms with Crippen molar-refractivity contribution in [3.05, 3.63) is 0 Å². The first kappa shape index (κ1) is 16.3. The zero-order chi connectivity index (χ0) is 15.3. The van der Waals surface area contributed by atoms with E-state index in [1.807, 2.05) is 13.8 Å². The van der Waals surface area contributed by atoms with Gasteiger partial charge < -0.3 is 19.6 Å². The van der Waals surface area contributed by atoms with Crippen molar-refractivity contribution < 1.29 is 24.2 Å². The molecule has 0 aromatic heterocycles. The molecule has 7 heteroatoms. The summed E-state index contributed by atoms with van der Waals surface area (Å²) in [4.78, 5) is 37.6. The predicted molar refractivity (Wildman–Crippen MR) is 71.2 cm³/mol. The predicted octanol–water partition coefficient (Wildman–Crippen LogP) is 0.786. The molecular weight excluding hydrogens is 264 g/mol. The third kappa shape index (κ3) is 3.85. The molecule has 2 atom stereocenters. The van der Waals surface area contributed by atoms with Crippen LogP contribution in [0.2, 0.25) is 0 Å². The molecule has 0 aromatic carbocycles. The highest BCUT2D eigenvalue weighted by molar-refractivity contribution is 5.82. The molecule has 0 aliphatic carbocycles. The number of carboxylic acid groups (broad SMARTS) is 1. The average molecular weight is 286 g/mol. The third-order valence-electron chi connectivity index (χ3n) is 3.67. The zero-order valence-electron chi connectivity index (χ0n) is 12.2. The number of methoxy groups -OCH3 is 1. The number of carbonyl (C=O) groups is 3. The van der Waals surface area contributed by atoms with E-state index in [0.29, 0.717) is 19.4 Å². The van der Waals surface area contributed by atoms with Gasteiger partial charge in [0.15, 0.2) is 0 Å². The maximum atomic E-state index is 12.4. The fourth-order valence-electron chi connectivity index (χ4n) is 2.25. The van der Waals surface area contributed by atoms with Crippen molar-refractivity contribution in [3.8, 4) is 0 Å². The second-order valence-corrected chi connectivity index (χ2v) is 5.02. The molecular formula is C13H22N2O5. The summed E-state index contributed by atoms with van der Waals surface area (Å²) in [5, 5.41) is 8.91. The van der Waals surface area contributed by atoms with E-state index in [4.69, 9.17) is 5.11 Å². The molecule has 1 aliphatic rings. The van der Waals surface area contributed by atoms with Crippen molar-refractivity contribution in [3.63, 3.8) is 0 Å². The monoisotopic (exact) mass is 286 g/mol. The van der Waals surface area contributed by atoms with Gasteiger partial charge in [0.25, 0.3) is 0 Å². The molecule has 1 saturated heterocycles. The van der Waals surface area contributed by atoms with Crippen molar-refractivity contribution in [2.45, 2.75) is 32.7 Å². The first-order valence-electron chi connectivity index (χ1n) is 6.75. The van der Waals surface area contributed by atoms with Crippen LogP contribution in [0.3, 0.4) is 0 Å². The van der Waals surface area contributed by atoms with Gasteiger partial charge in [0.1, 0.15) is 6.54 Å². The molecule has 0 spiro atoms. The van der Waals surface area contributed by atoms with Gasteiger partial charge in [-0.25, -0.2) is 4.79 Å². The van der Waals surface area contributed by atoms with Gasteiger partial charge in [-0.2, -0.15) is 0 Å². The average Bonchev–Trinajstić information content (AvgIpc) is 2.91. The Morgan fingerprint density at radius 1 is 1.45 bits per heavy atom. The van der Waals surface area contributed by atoms with E-state index in [9.17, 15) is 14.4 Å². The Morgan fingerprint density at radius 3 is 2.60 bits per heavy atom. The van der Waals surface area contributed by atoms with Crippen LogP contribution >= 0.6 is 0 Å². The minimum atomic E-state index is -1.04. The van der Waals surface area contributed by atoms with Crippen molar-refractivity contribution in [1.82, 2.24) is 9.80 Å². The number of hydrogen-bond acceptors (Lipinski definition) is 4. The number of rotatable bonds is 5. The number of esters is 1. The highest BCUT2D eigenvalue weighted by Gasteiger charge is 2.35. The summed E-state index contributed by atoms with van der Waals surface area (Å²) < 4.78 is 4.67. The molecule has 114 valence electrons. The van der Waals surface area contributed by atoms with E-state index >= 15 is 0 Å². The molecule has 0 radical (unpaired) electrons. The molecule has 2 unspecified atom stereocenters. The molecule has 0 bridgehead atoms. The van der Waals surface area contributed by atoms with E-state index in [0.717, 1.165) is 0 Å². The summed E-state index contributed by atoms with van der Waals surface area (Å²) in [6.45, 7) is 4.12. The van der Waals surface area contributed by atoms with Crippen LogP contribution < -0.4 is 0 Å². The van der Waals surface area contributed by atoms with Gasteiger partial charge in [-0.15, -0.1) is 0 Å². The van der Waals surface area contributed by atoms with Crippen LogP contribution in [0.4, 0.5) is 4.79 Å². The third-order valence-corrected chi connectivity index (χ3v) is 3.67. The zero-order valence-corrected chi connectivity index (χ0v) is 12.2. The number of urea groups is 1. The lowest BCUT2D eigenvalue weighted by Crippen LogP contribution is -2.48. The molecule has 1 rings (SSSR count). The molecule has 20 heavy (non-hydrogen) atoms. The van der Waals surface area contributed by atoms with Gasteiger partial charge in [-0.3, -0.25) is 9.59 Å². The summed E-state index contributed by atoms with van der Waals surface area (Å²) in [5.41, 5.74) is 0. The van der Waals surface area contributed by atoms with E-state index in [1.165, 1.54) is 16.9 Å². The van der Waals surface area contributed by atoms with Crippen LogP contribution in [0.15, 0.2) is 0 Å². The highest BCUT2D eigenvalue weighted by Crippen LogP contribution is 2.20. The summed E-state index contributed by atoms with van der Waals surface area (Å²) in [7, 11) is 1.32. The normalized spacial score (nSPS) is 19.6. The molecule has 2 amide bonds. The van der Waals surface area contributed by atoms with Crippen LogP contribution in [0.1, 0.15) is 26.7 Å². The minimum Gasteiger partial charge on any atom is -0.480 e. The number of ether oxygens (including phenoxy) is 1. The second kappa shape index (κ2) is 7.12. The molecule has 0 saturated carbocycles. The summed E-state index contributed by atoms with van der Waals surface area (Å²) in [6.07, 6.45) is 1.23. The Hall–Kier alpha value is -1.79. The number of carbonyl (C=O) groups excluding carboxylic acids is 2. The van der Waals surface area contributed by atoms with Crippen LogP contribution in [0.25, 0.3) is 0 Å². The van der Waals surface area contributed by atoms with Gasteiger partial charge in [0, 0.05) is 19.1 Å². The van der Waals surface area contributed by atoms with Crippen molar-refractivity contribution in [2.24, 2.45) is 5.92 Å². The van der Waals surface area contributed by atoms with Gasteiger partial charge in [0.05, 0.1) is 13.0 Å². The first-order valence-corrected chi connectivity index (χ1v) is 6.75. The fraction of sp³-hybridized carbons (Fsp3) is 0.769. The summed E-state index contributed by atoms with van der Waals surface area (Å²) in [5.74, 6) is -1.68. The first-order chi connectivity index (χ1) is 9.40. The molecule has 1 heterocycles. The number of carboxylic acids is 1. The van der Waals surface area contributed by atoms with Crippen LogP contribution in [-0.2, 0) is 14.3 Å². The van der Waals surface area contributed by atoms with Crippen molar-refractivity contribution in [2.75, 3.05) is 26.7 Å². The van der Waals surface area contributed by atoms with Gasteiger partial charge >= 0.3 is 18.0 Å². The van der Waals surface area contributed by atoms with E-state index in [-0.39, 0.29) is 37.0 Å². The van der Waals surface area contributed by atoms with Crippen LogP contribution in [0.5, 0.6) is 0 Å². The topological polar surface area (TPSA) is 87.2 Å².